The predicted octanol–water partition coefficient (Wildman–Crippen LogP) is 3.30. The van der Waals surface area contributed by atoms with Crippen LogP contribution in [0.3, 0.4) is 0 Å². The van der Waals surface area contributed by atoms with Gasteiger partial charge in [0, 0.05) is 18.0 Å². The number of hydrazone groups is 1. The van der Waals surface area contributed by atoms with Gasteiger partial charge in [0.1, 0.15) is 0 Å². The molecule has 0 spiro atoms. The second-order valence-corrected chi connectivity index (χ2v) is 5.04. The maximum absolute atomic E-state index is 11.9. The van der Waals surface area contributed by atoms with Crippen LogP contribution in [-0.4, -0.2) is 30.3 Å². The molecule has 6 nitrogen and oxygen atoms in total. The van der Waals surface area contributed by atoms with Gasteiger partial charge in [0.15, 0.2) is 11.5 Å². The molecule has 0 saturated heterocycles. The Morgan fingerprint density at radius 2 is 1.96 bits per heavy atom. The van der Waals surface area contributed by atoms with Gasteiger partial charge in [-0.25, -0.2) is 5.43 Å². The SMILES string of the molecule is CCOc1cc(/C=N\NC(=O)c2ccncc2)cc(Cl)c1OCC. The van der Waals surface area contributed by atoms with Gasteiger partial charge in [0.05, 0.1) is 24.5 Å². The summed E-state index contributed by atoms with van der Waals surface area (Å²) in [5.41, 5.74) is 3.60. The summed E-state index contributed by atoms with van der Waals surface area (Å²) in [4.78, 5) is 15.7. The van der Waals surface area contributed by atoms with Gasteiger partial charge < -0.3 is 9.47 Å². The normalized spacial score (nSPS) is 10.6. The van der Waals surface area contributed by atoms with Crippen LogP contribution in [0.5, 0.6) is 11.5 Å². The Morgan fingerprint density at radius 1 is 1.25 bits per heavy atom. The van der Waals surface area contributed by atoms with Gasteiger partial charge in [-0.05, 0) is 43.7 Å². The molecule has 0 radical (unpaired) electrons. The van der Waals surface area contributed by atoms with E-state index in [1.165, 1.54) is 6.21 Å². The van der Waals surface area contributed by atoms with E-state index in [0.717, 1.165) is 0 Å². The van der Waals surface area contributed by atoms with Crippen LogP contribution in [0, 0.1) is 0 Å². The van der Waals surface area contributed by atoms with Crippen LogP contribution in [0.25, 0.3) is 0 Å². The maximum Gasteiger partial charge on any atom is 0.271 e. The molecule has 2 aromatic rings. The fourth-order valence-corrected chi connectivity index (χ4v) is 2.22. The Kier molecular flexibility index (Phi) is 6.57. The van der Waals surface area contributed by atoms with Crippen LogP contribution < -0.4 is 14.9 Å². The summed E-state index contributed by atoms with van der Waals surface area (Å²) in [6.45, 7) is 4.71. The average Bonchev–Trinajstić information content (AvgIpc) is 2.59. The minimum absolute atomic E-state index is 0.323. The monoisotopic (exact) mass is 347 g/mol. The van der Waals surface area contributed by atoms with Crippen molar-refractivity contribution in [2.75, 3.05) is 13.2 Å². The van der Waals surface area contributed by atoms with E-state index in [-0.39, 0.29) is 5.91 Å². The molecule has 2 rings (SSSR count). The fraction of sp³-hybridized carbons (Fsp3) is 0.235. The summed E-state index contributed by atoms with van der Waals surface area (Å²) in [7, 11) is 0. The fourth-order valence-electron chi connectivity index (χ4n) is 1.94. The molecule has 1 amide bonds. The topological polar surface area (TPSA) is 72.8 Å². The Balaban J connectivity index is 2.12. The molecular weight excluding hydrogens is 330 g/mol. The zero-order chi connectivity index (χ0) is 17.4. The van der Waals surface area contributed by atoms with Crippen LogP contribution in [0.4, 0.5) is 0 Å². The van der Waals surface area contributed by atoms with Crippen molar-refractivity contribution < 1.29 is 14.3 Å². The number of nitrogens with one attached hydrogen (secondary N) is 1. The van der Waals surface area contributed by atoms with Crippen molar-refractivity contribution in [1.82, 2.24) is 10.4 Å². The zero-order valence-electron chi connectivity index (χ0n) is 13.5. The third kappa shape index (κ3) is 4.70. The number of aromatic nitrogens is 1. The van der Waals surface area contributed by atoms with Gasteiger partial charge in [-0.3, -0.25) is 9.78 Å². The highest BCUT2D eigenvalue weighted by molar-refractivity contribution is 6.32. The van der Waals surface area contributed by atoms with Crippen molar-refractivity contribution in [3.8, 4) is 11.5 Å². The molecule has 1 heterocycles. The highest BCUT2D eigenvalue weighted by Crippen LogP contribution is 2.36. The van der Waals surface area contributed by atoms with Crippen LogP contribution in [0.1, 0.15) is 29.8 Å². The molecule has 24 heavy (non-hydrogen) atoms. The lowest BCUT2D eigenvalue weighted by atomic mass is 10.2. The number of hydrogen-bond donors (Lipinski definition) is 1. The van der Waals surface area contributed by atoms with Gasteiger partial charge in [-0.15, -0.1) is 0 Å². The third-order valence-electron chi connectivity index (χ3n) is 2.94. The molecule has 0 saturated carbocycles. The van der Waals surface area contributed by atoms with Crippen molar-refractivity contribution in [3.63, 3.8) is 0 Å². The van der Waals surface area contributed by atoms with Crippen LogP contribution in [-0.2, 0) is 0 Å². The standard InChI is InChI=1S/C17H18ClN3O3/c1-3-23-15-10-12(9-14(18)16(15)24-4-2)11-20-21-17(22)13-5-7-19-8-6-13/h5-11H,3-4H2,1-2H3,(H,21,22)/b20-11-. The molecule has 1 N–H and O–H groups in total. The first kappa shape index (κ1) is 17.7. The molecule has 0 unspecified atom stereocenters. The number of pyridine rings is 1. The lowest BCUT2D eigenvalue weighted by Crippen LogP contribution is -2.17. The van der Waals surface area contributed by atoms with E-state index < -0.39 is 0 Å². The molecule has 0 aliphatic rings. The smallest absolute Gasteiger partial charge is 0.271 e. The molecule has 126 valence electrons. The number of halogens is 1. The van der Waals surface area contributed by atoms with Crippen molar-refractivity contribution >= 4 is 23.7 Å². The quantitative estimate of drug-likeness (QED) is 0.616. The van der Waals surface area contributed by atoms with Gasteiger partial charge in [-0.2, -0.15) is 5.10 Å². The summed E-state index contributed by atoms with van der Waals surface area (Å²) in [5, 5.41) is 4.36. The van der Waals surface area contributed by atoms with E-state index in [9.17, 15) is 4.79 Å². The molecule has 1 aromatic carbocycles. The van der Waals surface area contributed by atoms with Gasteiger partial charge >= 0.3 is 0 Å². The lowest BCUT2D eigenvalue weighted by molar-refractivity contribution is 0.0955. The summed E-state index contributed by atoms with van der Waals surface area (Å²) in [5.74, 6) is 0.712. The number of nitrogens with zero attached hydrogens (tertiary/aromatic N) is 2. The van der Waals surface area contributed by atoms with Crippen molar-refractivity contribution in [3.05, 3.63) is 52.8 Å². The number of benzene rings is 1. The van der Waals surface area contributed by atoms with Crippen molar-refractivity contribution in [2.24, 2.45) is 5.10 Å². The average molecular weight is 348 g/mol. The van der Waals surface area contributed by atoms with Crippen LogP contribution >= 0.6 is 11.6 Å². The van der Waals surface area contributed by atoms with E-state index in [2.05, 4.69) is 15.5 Å². The molecule has 0 atom stereocenters. The van der Waals surface area contributed by atoms with Crippen molar-refractivity contribution in [2.45, 2.75) is 13.8 Å². The first-order valence-electron chi connectivity index (χ1n) is 7.48. The largest absolute Gasteiger partial charge is 0.490 e. The first-order chi connectivity index (χ1) is 11.7. The molecule has 0 aliphatic heterocycles. The summed E-state index contributed by atoms with van der Waals surface area (Å²) in [6.07, 6.45) is 4.57. The van der Waals surface area contributed by atoms with E-state index in [1.54, 1.807) is 36.7 Å². The molecule has 0 aliphatic carbocycles. The summed E-state index contributed by atoms with van der Waals surface area (Å²) in [6, 6.07) is 6.65. The third-order valence-corrected chi connectivity index (χ3v) is 3.22. The van der Waals surface area contributed by atoms with Gasteiger partial charge in [0.2, 0.25) is 0 Å². The second-order valence-electron chi connectivity index (χ2n) is 4.63. The highest BCUT2D eigenvalue weighted by Gasteiger charge is 2.11. The Labute approximate surface area is 145 Å². The Morgan fingerprint density at radius 3 is 2.62 bits per heavy atom. The maximum atomic E-state index is 11.9. The molecule has 1 aromatic heterocycles. The van der Waals surface area contributed by atoms with Gasteiger partial charge in [0.25, 0.3) is 5.91 Å². The van der Waals surface area contributed by atoms with E-state index in [1.807, 2.05) is 13.8 Å². The Hall–Kier alpha value is -2.60. The van der Waals surface area contributed by atoms with Crippen LogP contribution in [0.15, 0.2) is 41.8 Å². The molecule has 0 bridgehead atoms. The van der Waals surface area contributed by atoms with Crippen molar-refractivity contribution in [1.29, 1.82) is 0 Å². The predicted molar refractivity (Wildman–Crippen MR) is 93.1 cm³/mol. The number of ether oxygens (including phenoxy) is 2. The highest BCUT2D eigenvalue weighted by atomic mass is 35.5. The lowest BCUT2D eigenvalue weighted by Gasteiger charge is -2.13. The van der Waals surface area contributed by atoms with Crippen LogP contribution in [0.2, 0.25) is 5.02 Å². The van der Waals surface area contributed by atoms with E-state index in [4.69, 9.17) is 21.1 Å². The zero-order valence-corrected chi connectivity index (χ0v) is 14.2. The van der Waals surface area contributed by atoms with E-state index in [0.29, 0.717) is 40.9 Å². The minimum atomic E-state index is -0.323. The number of amides is 1. The summed E-state index contributed by atoms with van der Waals surface area (Å²) < 4.78 is 11.0. The molecule has 7 heteroatoms. The first-order valence-corrected chi connectivity index (χ1v) is 7.86. The second kappa shape index (κ2) is 8.88. The minimum Gasteiger partial charge on any atom is -0.490 e. The Bertz CT molecular complexity index is 721. The number of carbonyl (C=O) groups excluding carboxylic acids is 1. The van der Waals surface area contributed by atoms with E-state index >= 15 is 0 Å². The number of carbonyl (C=O) groups is 1. The molecule has 0 fully saturated rings. The molecular formula is C17H18ClN3O3. The number of rotatable bonds is 7. The summed E-state index contributed by atoms with van der Waals surface area (Å²) >= 11 is 6.23. The number of hydrogen-bond acceptors (Lipinski definition) is 5. The van der Waals surface area contributed by atoms with Gasteiger partial charge in [-0.1, -0.05) is 11.6 Å².